The van der Waals surface area contributed by atoms with E-state index in [1.165, 1.54) is 12.4 Å². The minimum absolute atomic E-state index is 0.0454. The maximum Gasteiger partial charge on any atom is 0.343 e. The molecule has 57 heavy (non-hydrogen) atoms. The van der Waals surface area contributed by atoms with Crippen LogP contribution in [0, 0.1) is 11.8 Å². The minimum Gasteiger partial charge on any atom is -0.493 e. The van der Waals surface area contributed by atoms with Gasteiger partial charge in [-0.2, -0.15) is 30.2 Å². The van der Waals surface area contributed by atoms with Gasteiger partial charge in [0.25, 0.3) is 30.4 Å². The zero-order valence-corrected chi connectivity index (χ0v) is 34.8. The first kappa shape index (κ1) is 49.7. The van der Waals surface area contributed by atoms with Crippen molar-refractivity contribution < 1.29 is 57.9 Å². The van der Waals surface area contributed by atoms with Crippen molar-refractivity contribution in [2.24, 2.45) is 0 Å². The normalized spacial score (nSPS) is 11.0. The van der Waals surface area contributed by atoms with Crippen molar-refractivity contribution >= 4 is 59.0 Å². The second-order valence-electron chi connectivity index (χ2n) is 11.9. The van der Waals surface area contributed by atoms with Gasteiger partial charge in [0.15, 0.2) is 11.5 Å². The Bertz CT molecular complexity index is 2400. The Morgan fingerprint density at radius 1 is 0.912 bits per heavy atom. The van der Waals surface area contributed by atoms with Gasteiger partial charge < -0.3 is 35.1 Å². The number of anilines is 2. The molecule has 20 nitrogen and oxygen atoms in total. The Morgan fingerprint density at radius 2 is 1.49 bits per heavy atom. The number of hydrogen-bond acceptors (Lipinski definition) is 16. The van der Waals surface area contributed by atoms with Gasteiger partial charge in [0.2, 0.25) is 11.4 Å². The van der Waals surface area contributed by atoms with Crippen LogP contribution in [0.5, 0.6) is 11.5 Å². The fourth-order valence-corrected chi connectivity index (χ4v) is 4.51. The van der Waals surface area contributed by atoms with Crippen LogP contribution in [0.1, 0.15) is 39.5 Å². The number of nitrogen functional groups attached to an aromatic ring is 2. The number of benzene rings is 2. The Balaban J connectivity index is 0.000000921. The van der Waals surface area contributed by atoms with Crippen molar-refractivity contribution in [2.45, 2.75) is 19.9 Å². The average molecular weight is 859 g/mol. The van der Waals surface area contributed by atoms with E-state index in [2.05, 4.69) is 21.8 Å². The summed E-state index contributed by atoms with van der Waals surface area (Å²) in [4.78, 5) is 36.9. The molecule has 0 aliphatic rings. The van der Waals surface area contributed by atoms with E-state index in [-0.39, 0.29) is 30.4 Å². The number of aromatic nitrogens is 3. The third-order valence-corrected chi connectivity index (χ3v) is 6.64. The second kappa shape index (κ2) is 21.8. The molecule has 0 fully saturated rings. The number of nitrogens with zero attached hydrogens (tertiary/aromatic N) is 4. The minimum atomic E-state index is -3.67. The van der Waals surface area contributed by atoms with E-state index in [4.69, 9.17) is 39.3 Å². The van der Waals surface area contributed by atoms with Gasteiger partial charge in [-0.1, -0.05) is 17.9 Å². The molecule has 0 bridgehead atoms. The molecule has 0 aliphatic heterocycles. The van der Waals surface area contributed by atoms with E-state index in [1.54, 1.807) is 26.4 Å². The highest BCUT2D eigenvalue weighted by atomic mass is 32.2. The summed E-state index contributed by atoms with van der Waals surface area (Å²) in [5, 5.41) is 0.361. The van der Waals surface area contributed by atoms with Crippen molar-refractivity contribution in [1.82, 2.24) is 19.4 Å². The first-order valence-corrected chi connectivity index (χ1v) is 21.6. The predicted molar refractivity (Wildman–Crippen MR) is 214 cm³/mol. The summed E-state index contributed by atoms with van der Waals surface area (Å²) in [6, 6.07) is 9.09. The van der Waals surface area contributed by atoms with Crippen LogP contribution in [-0.4, -0.2) is 125 Å². The lowest BCUT2D eigenvalue weighted by Crippen LogP contribution is -2.25. The van der Waals surface area contributed by atoms with Crippen LogP contribution in [-0.2, 0) is 48.1 Å². The van der Waals surface area contributed by atoms with Crippen LogP contribution in [0.4, 0.5) is 11.8 Å². The molecule has 0 amide bonds. The van der Waals surface area contributed by atoms with Crippen LogP contribution in [0.3, 0.4) is 0 Å². The number of likely N-dealkylation sites (N-methyl/N-ethyl adjacent to an activating group) is 1. The Labute approximate surface area is 331 Å². The highest BCUT2D eigenvalue weighted by Crippen LogP contribution is 2.30. The summed E-state index contributed by atoms with van der Waals surface area (Å²) < 4.78 is 95.8. The van der Waals surface area contributed by atoms with Crippen LogP contribution < -0.4 is 26.4 Å². The Morgan fingerprint density at radius 3 is 1.98 bits per heavy atom. The number of ether oxygens (including phenoxy) is 3. The van der Waals surface area contributed by atoms with Crippen LogP contribution in [0.15, 0.2) is 47.5 Å². The topological polar surface area (TPSA) is 311 Å². The van der Waals surface area contributed by atoms with Crippen LogP contribution >= 0.6 is 0 Å². The van der Waals surface area contributed by atoms with Gasteiger partial charge in [-0.05, 0) is 50.8 Å². The molecule has 4 rings (SSSR count). The van der Waals surface area contributed by atoms with Gasteiger partial charge in [0.1, 0.15) is 18.0 Å². The maximum atomic E-state index is 13.9. The number of carbonyl (C=O) groups is 1. The molecular formula is C34H46N6O14S3. The number of rotatable bonds is 9. The van der Waals surface area contributed by atoms with E-state index in [0.717, 1.165) is 0 Å². The molecular weight excluding hydrogens is 813 g/mol. The third-order valence-electron chi connectivity index (χ3n) is 6.64. The summed E-state index contributed by atoms with van der Waals surface area (Å²) in [5.41, 5.74) is 14.4. The highest BCUT2D eigenvalue weighted by molar-refractivity contribution is 7.85. The average Bonchev–Trinajstić information content (AvgIpc) is 3.06. The maximum absolute atomic E-state index is 13.9. The zero-order valence-electron chi connectivity index (χ0n) is 32.4. The largest absolute Gasteiger partial charge is 0.493 e. The van der Waals surface area contributed by atoms with Crippen molar-refractivity contribution in [2.75, 3.05) is 71.7 Å². The molecule has 2 aromatic carbocycles. The van der Waals surface area contributed by atoms with Gasteiger partial charge >= 0.3 is 5.97 Å². The summed E-state index contributed by atoms with van der Waals surface area (Å²) >= 11 is 0. The molecule has 2 heterocycles. The Kier molecular flexibility index (Phi) is 19.0. The van der Waals surface area contributed by atoms with Crippen molar-refractivity contribution in [3.8, 4) is 23.3 Å². The molecule has 2 aromatic heterocycles. The van der Waals surface area contributed by atoms with E-state index in [9.17, 15) is 34.8 Å². The lowest BCUT2D eigenvalue weighted by Gasteiger charge is -2.16. The first-order valence-electron chi connectivity index (χ1n) is 16.1. The van der Waals surface area contributed by atoms with E-state index < -0.39 is 41.8 Å². The van der Waals surface area contributed by atoms with E-state index in [0.29, 0.717) is 76.5 Å². The number of fused-ring (bicyclic) bond motifs is 1. The standard InChI is InChI=1S/C31H34N6O5.3CH4O3S/c1-6-37-18-23(30(39)42-13-12-36(2)3)27(38)26-21(16-22-17-34-31(33)35-29(22)32)14-19(15-24(26)37)10-11-20-8-7-9-25(40-4)28(20)41-5;3*1-5(2,3)4/h7-9,14-15,17-18H,6,12-13,16H2,1-5H3,(H4,32,33,34,35);3*1H3,(H,2,3,4). The van der Waals surface area contributed by atoms with Crippen LogP contribution in [0.25, 0.3) is 10.9 Å². The molecule has 0 atom stereocenters. The smallest absolute Gasteiger partial charge is 0.343 e. The van der Waals surface area contributed by atoms with Gasteiger partial charge in [0, 0.05) is 43.0 Å². The van der Waals surface area contributed by atoms with Gasteiger partial charge in [-0.15, -0.1) is 0 Å². The van der Waals surface area contributed by atoms with Crippen LogP contribution in [0.2, 0.25) is 0 Å². The first-order chi connectivity index (χ1) is 26.2. The predicted octanol–water partition coefficient (Wildman–Crippen LogP) is 1.21. The molecule has 0 saturated heterocycles. The van der Waals surface area contributed by atoms with Crippen molar-refractivity contribution in [1.29, 1.82) is 0 Å². The quantitative estimate of drug-likeness (QED) is 0.0897. The molecule has 314 valence electrons. The second-order valence-corrected chi connectivity index (χ2v) is 16.3. The van der Waals surface area contributed by atoms with E-state index >= 15 is 0 Å². The summed E-state index contributed by atoms with van der Waals surface area (Å²) in [6.07, 6.45) is 5.42. The molecule has 7 N–H and O–H groups in total. The van der Waals surface area contributed by atoms with Gasteiger partial charge in [-0.3, -0.25) is 18.5 Å². The molecule has 0 spiro atoms. The fraction of sp³-hybridized carbons (Fsp3) is 0.353. The third kappa shape index (κ3) is 19.4. The molecule has 0 saturated carbocycles. The summed E-state index contributed by atoms with van der Waals surface area (Å²) in [5.74, 6) is 7.00. The number of aryl methyl sites for hydroxylation is 1. The highest BCUT2D eigenvalue weighted by Gasteiger charge is 2.20. The molecule has 0 aliphatic carbocycles. The Hall–Kier alpha value is -5.35. The number of hydrogen-bond donors (Lipinski definition) is 5. The number of carbonyl (C=O) groups excluding carboxylic acids is 1. The van der Waals surface area contributed by atoms with Crippen molar-refractivity contribution in [3.05, 3.63) is 80.8 Å². The number of nitrogens with two attached hydrogens (primary N) is 2. The lowest BCUT2D eigenvalue weighted by atomic mass is 9.97. The zero-order chi connectivity index (χ0) is 43.9. The van der Waals surface area contributed by atoms with Gasteiger partial charge in [-0.25, -0.2) is 9.78 Å². The number of para-hydroxylation sites is 1. The lowest BCUT2D eigenvalue weighted by molar-refractivity contribution is 0.0479. The molecule has 0 unspecified atom stereocenters. The van der Waals surface area contributed by atoms with Gasteiger partial charge in [0.05, 0.1) is 49.5 Å². The molecule has 0 radical (unpaired) electrons. The summed E-state index contributed by atoms with van der Waals surface area (Å²) in [7, 11) is -4.14. The van der Waals surface area contributed by atoms with E-state index in [1.807, 2.05) is 48.7 Å². The fourth-order valence-electron chi connectivity index (χ4n) is 4.51. The number of methoxy groups -OCH3 is 2. The monoisotopic (exact) mass is 858 g/mol. The summed E-state index contributed by atoms with van der Waals surface area (Å²) in [6.45, 7) is 3.10. The SMILES string of the molecule is CCn1cc(C(=O)OCCN(C)C)c(=O)c2c(Cc3cnc(N)nc3N)cc(C#Cc3cccc(OC)c3OC)cc21.CS(=O)(=O)O.CS(=O)(=O)O.CS(=O)(=O)O. The molecule has 23 heteroatoms. The number of pyridine rings is 1. The number of esters is 1. The molecule has 4 aromatic rings. The van der Waals surface area contributed by atoms with Crippen molar-refractivity contribution in [3.63, 3.8) is 0 Å².